The second-order valence-corrected chi connectivity index (χ2v) is 6.36. The fourth-order valence-electron chi connectivity index (χ4n) is 3.43. The molecule has 0 saturated heterocycles. The number of nitrogens with zero attached hydrogens (tertiary/aromatic N) is 2. The van der Waals surface area contributed by atoms with Gasteiger partial charge in [-0.2, -0.15) is 0 Å². The summed E-state index contributed by atoms with van der Waals surface area (Å²) in [5.41, 5.74) is 11.8. The van der Waals surface area contributed by atoms with Crippen LogP contribution in [0.5, 0.6) is 0 Å². The van der Waals surface area contributed by atoms with Crippen molar-refractivity contribution in [3.63, 3.8) is 0 Å². The molecule has 4 rings (SSSR count). The van der Waals surface area contributed by atoms with Gasteiger partial charge in [0, 0.05) is 34.5 Å². The van der Waals surface area contributed by atoms with Crippen molar-refractivity contribution < 1.29 is 14.0 Å². The minimum Gasteiger partial charge on any atom is -0.704 e. The average Bonchev–Trinajstić information content (AvgIpc) is 3.05. The van der Waals surface area contributed by atoms with E-state index in [0.717, 1.165) is 5.39 Å². The second-order valence-electron chi connectivity index (χ2n) is 6.36. The fraction of sp³-hybridized carbons (Fsp3) is 0.0476. The average molecular weight is 373 g/mol. The number of aromatic amines is 1. The van der Waals surface area contributed by atoms with E-state index in [1.807, 2.05) is 0 Å². The molecule has 0 unspecified atom stereocenters. The van der Waals surface area contributed by atoms with Crippen LogP contribution < -0.4 is 5.32 Å². The number of amides is 2. The lowest BCUT2D eigenvalue weighted by atomic mass is 9.96. The molecule has 4 aromatic rings. The number of aromatic nitrogens is 1. The van der Waals surface area contributed by atoms with Gasteiger partial charge in [-0.15, -0.1) is 0 Å². The van der Waals surface area contributed by atoms with Crippen molar-refractivity contribution in [2.75, 3.05) is 5.32 Å². The van der Waals surface area contributed by atoms with E-state index in [1.165, 1.54) is 19.1 Å². The van der Waals surface area contributed by atoms with E-state index in [-0.39, 0.29) is 17.3 Å². The summed E-state index contributed by atoms with van der Waals surface area (Å²) in [7, 11) is 0. The predicted molar refractivity (Wildman–Crippen MR) is 106 cm³/mol. The van der Waals surface area contributed by atoms with Crippen molar-refractivity contribution in [1.29, 1.82) is 0 Å². The van der Waals surface area contributed by atoms with Gasteiger partial charge < -0.3 is 20.9 Å². The van der Waals surface area contributed by atoms with Crippen molar-refractivity contribution in [3.8, 4) is 11.1 Å². The minimum atomic E-state index is -0.807. The second kappa shape index (κ2) is 6.70. The number of halogens is 1. The summed E-state index contributed by atoms with van der Waals surface area (Å²) in [4.78, 5) is 26.5. The number of hydrogen-bond acceptors (Lipinski definition) is 2. The molecule has 1 aromatic heterocycles. The Morgan fingerprint density at radius 3 is 2.57 bits per heavy atom. The first-order chi connectivity index (χ1) is 13.5. The molecule has 0 saturated carbocycles. The zero-order valence-corrected chi connectivity index (χ0v) is 14.8. The van der Waals surface area contributed by atoms with Crippen LogP contribution in [0.25, 0.3) is 38.5 Å². The zero-order valence-electron chi connectivity index (χ0n) is 14.8. The van der Waals surface area contributed by atoms with Crippen molar-refractivity contribution in [2.45, 2.75) is 6.92 Å². The quantitative estimate of drug-likeness (QED) is 0.480. The largest absolute Gasteiger partial charge is 0.704 e. The lowest BCUT2D eigenvalue weighted by Gasteiger charge is -2.09. The molecule has 0 bridgehead atoms. The number of anilines is 1. The molecule has 0 aliphatic heterocycles. The molecular formula is C21H14FN4O2-. The number of carbonyl (C=O) groups excluding carboxylic acids is 2. The van der Waals surface area contributed by atoms with E-state index >= 15 is 0 Å². The first-order valence-corrected chi connectivity index (χ1v) is 8.50. The summed E-state index contributed by atoms with van der Waals surface area (Å²) in [6.45, 7) is 1.41. The monoisotopic (exact) mass is 373 g/mol. The van der Waals surface area contributed by atoms with Gasteiger partial charge in [0.2, 0.25) is 5.91 Å². The molecular weight excluding hydrogens is 359 g/mol. The summed E-state index contributed by atoms with van der Waals surface area (Å²) < 4.78 is 14.5. The SMILES string of the molecule is CC(=O)Nc1ccc2c(c1)[nH]c1c(C(=O)N=[N-])ccc(-c3ccccc3F)c12. The molecule has 0 spiro atoms. The van der Waals surface area contributed by atoms with Gasteiger partial charge >= 0.3 is 0 Å². The smallest absolute Gasteiger partial charge is 0.259 e. The van der Waals surface area contributed by atoms with Crippen LogP contribution in [-0.2, 0) is 4.79 Å². The molecule has 0 fully saturated rings. The summed E-state index contributed by atoms with van der Waals surface area (Å²) >= 11 is 0. The molecule has 6 nitrogen and oxygen atoms in total. The van der Waals surface area contributed by atoms with Gasteiger partial charge in [0.25, 0.3) is 5.91 Å². The highest BCUT2D eigenvalue weighted by atomic mass is 19.1. The Kier molecular flexibility index (Phi) is 4.19. The molecule has 0 atom stereocenters. The topological polar surface area (TPSA) is 96.6 Å². The molecule has 138 valence electrons. The predicted octanol–water partition coefficient (Wildman–Crippen LogP) is 5.25. The Morgan fingerprint density at radius 1 is 1.07 bits per heavy atom. The van der Waals surface area contributed by atoms with Gasteiger partial charge in [0.05, 0.1) is 11.1 Å². The molecule has 1 heterocycles. The van der Waals surface area contributed by atoms with Crippen molar-refractivity contribution in [1.82, 2.24) is 4.98 Å². The summed E-state index contributed by atoms with van der Waals surface area (Å²) in [6.07, 6.45) is 0. The third kappa shape index (κ3) is 2.83. The van der Waals surface area contributed by atoms with E-state index in [1.54, 1.807) is 42.5 Å². The normalized spacial score (nSPS) is 10.9. The molecule has 3 aromatic carbocycles. The number of H-pyrrole nitrogens is 1. The maximum Gasteiger partial charge on any atom is 0.259 e. The minimum absolute atomic E-state index is 0.162. The molecule has 28 heavy (non-hydrogen) atoms. The molecule has 0 aliphatic carbocycles. The van der Waals surface area contributed by atoms with Crippen LogP contribution >= 0.6 is 0 Å². The van der Waals surface area contributed by atoms with Crippen molar-refractivity contribution >= 4 is 39.3 Å². The first-order valence-electron chi connectivity index (χ1n) is 8.50. The third-order valence-electron chi connectivity index (χ3n) is 4.56. The Labute approximate surface area is 158 Å². The van der Waals surface area contributed by atoms with Crippen LogP contribution in [0.2, 0.25) is 0 Å². The van der Waals surface area contributed by atoms with E-state index in [9.17, 15) is 14.0 Å². The number of carbonyl (C=O) groups is 2. The molecule has 2 N–H and O–H groups in total. The number of nitrogens with one attached hydrogen (secondary N) is 2. The van der Waals surface area contributed by atoms with Crippen molar-refractivity contribution in [2.24, 2.45) is 5.11 Å². The van der Waals surface area contributed by atoms with Gasteiger partial charge in [-0.1, -0.05) is 30.3 Å². The van der Waals surface area contributed by atoms with E-state index in [4.69, 9.17) is 5.53 Å². The zero-order chi connectivity index (χ0) is 19.8. The van der Waals surface area contributed by atoms with Gasteiger partial charge in [-0.25, -0.2) is 4.39 Å². The van der Waals surface area contributed by atoms with E-state index < -0.39 is 5.91 Å². The highest BCUT2D eigenvalue weighted by Crippen LogP contribution is 2.38. The number of hydrogen-bond donors (Lipinski definition) is 2. The Morgan fingerprint density at radius 2 is 1.86 bits per heavy atom. The number of rotatable bonds is 3. The Bertz CT molecular complexity index is 1280. The molecule has 0 aliphatic rings. The van der Waals surface area contributed by atoms with Crippen LogP contribution in [0.15, 0.2) is 59.7 Å². The van der Waals surface area contributed by atoms with Gasteiger partial charge in [-0.05, 0) is 29.8 Å². The fourth-order valence-corrected chi connectivity index (χ4v) is 3.43. The highest BCUT2D eigenvalue weighted by molar-refractivity contribution is 6.20. The van der Waals surface area contributed by atoms with Crippen LogP contribution in [0, 0.1) is 5.82 Å². The lowest BCUT2D eigenvalue weighted by molar-refractivity contribution is -0.114. The number of fused-ring (bicyclic) bond motifs is 3. The molecule has 7 heteroatoms. The van der Waals surface area contributed by atoms with Crippen LogP contribution in [0.4, 0.5) is 10.1 Å². The summed E-state index contributed by atoms with van der Waals surface area (Å²) in [6, 6.07) is 14.7. The van der Waals surface area contributed by atoms with Gasteiger partial charge in [-0.3, -0.25) is 9.59 Å². The summed E-state index contributed by atoms with van der Waals surface area (Å²) in [5, 5.41) is 6.84. The summed E-state index contributed by atoms with van der Waals surface area (Å²) in [5.74, 6) is -1.41. The van der Waals surface area contributed by atoms with Crippen LogP contribution in [-0.4, -0.2) is 16.8 Å². The maximum atomic E-state index is 14.5. The highest BCUT2D eigenvalue weighted by Gasteiger charge is 2.18. The van der Waals surface area contributed by atoms with Gasteiger partial charge in [0.1, 0.15) is 5.82 Å². The Balaban J connectivity index is 2.09. The lowest BCUT2D eigenvalue weighted by Crippen LogP contribution is -2.05. The number of benzene rings is 3. The van der Waals surface area contributed by atoms with Gasteiger partial charge in [0.15, 0.2) is 0 Å². The third-order valence-corrected chi connectivity index (χ3v) is 4.56. The maximum absolute atomic E-state index is 14.5. The standard InChI is InChI=1S/C21H14FN4O2/c1-11(27)24-12-6-7-15-18(10-12)25-20-16(21(28)26-23)9-8-14(19(15)20)13-4-2-3-5-17(13)22/h2-10,25H,1H3,(H,24,27)/q-1. The van der Waals surface area contributed by atoms with Crippen LogP contribution in [0.3, 0.4) is 0 Å². The van der Waals surface area contributed by atoms with E-state index in [2.05, 4.69) is 15.4 Å². The molecule has 2 amide bonds. The first kappa shape index (κ1) is 17.5. The Hall–Kier alpha value is -3.87. The van der Waals surface area contributed by atoms with E-state index in [0.29, 0.717) is 33.2 Å². The van der Waals surface area contributed by atoms with Crippen LogP contribution in [0.1, 0.15) is 17.3 Å². The van der Waals surface area contributed by atoms with Crippen molar-refractivity contribution in [3.05, 3.63) is 71.5 Å². The molecule has 0 radical (unpaired) electrons.